The van der Waals surface area contributed by atoms with Gasteiger partial charge in [0.25, 0.3) is 5.56 Å². The second-order valence-corrected chi connectivity index (χ2v) is 9.19. The highest BCUT2D eigenvalue weighted by Gasteiger charge is 2.36. The van der Waals surface area contributed by atoms with Gasteiger partial charge in [0.05, 0.1) is 22.2 Å². The van der Waals surface area contributed by atoms with Crippen LogP contribution in [0.15, 0.2) is 23.0 Å². The van der Waals surface area contributed by atoms with Gasteiger partial charge in [0.1, 0.15) is 5.82 Å². The summed E-state index contributed by atoms with van der Waals surface area (Å²) in [7, 11) is 0. The SMILES string of the molecule is Cc1ccc(NC(=O)C2CC(=O)Nc3nc(N4CC(C)CC(C)C4)[nH]c(=O)c32)c(Cl)c1. The fourth-order valence-electron chi connectivity index (χ4n) is 4.51. The predicted molar refractivity (Wildman–Crippen MR) is 121 cm³/mol. The van der Waals surface area contributed by atoms with E-state index in [-0.39, 0.29) is 23.7 Å². The lowest BCUT2D eigenvalue weighted by molar-refractivity contribution is -0.123. The fourth-order valence-corrected chi connectivity index (χ4v) is 4.79. The molecule has 0 aliphatic carbocycles. The molecule has 4 rings (SSSR count). The number of aryl methyl sites for hydroxylation is 1. The number of halogens is 1. The molecule has 2 amide bonds. The third-order valence-corrected chi connectivity index (χ3v) is 6.12. The van der Waals surface area contributed by atoms with Gasteiger partial charge >= 0.3 is 0 Å². The zero-order chi connectivity index (χ0) is 22.3. The molecule has 31 heavy (non-hydrogen) atoms. The maximum absolute atomic E-state index is 13.0. The summed E-state index contributed by atoms with van der Waals surface area (Å²) in [5.74, 6) is -0.268. The van der Waals surface area contributed by atoms with E-state index >= 15 is 0 Å². The molecular weight excluding hydrogens is 418 g/mol. The van der Waals surface area contributed by atoms with E-state index < -0.39 is 17.4 Å². The van der Waals surface area contributed by atoms with Gasteiger partial charge < -0.3 is 15.5 Å². The number of fused-ring (bicyclic) bond motifs is 1. The Labute approximate surface area is 185 Å². The number of amides is 2. The van der Waals surface area contributed by atoms with Crippen LogP contribution in [0.1, 0.15) is 43.7 Å². The highest BCUT2D eigenvalue weighted by molar-refractivity contribution is 6.33. The summed E-state index contributed by atoms with van der Waals surface area (Å²) in [5.41, 5.74) is 1.14. The second-order valence-electron chi connectivity index (χ2n) is 8.78. The molecule has 8 nitrogen and oxygen atoms in total. The third-order valence-electron chi connectivity index (χ3n) is 5.81. The molecule has 1 aromatic carbocycles. The third kappa shape index (κ3) is 4.44. The summed E-state index contributed by atoms with van der Waals surface area (Å²) in [6.07, 6.45) is 0.983. The summed E-state index contributed by atoms with van der Waals surface area (Å²) in [5, 5.41) is 5.80. The molecule has 9 heteroatoms. The van der Waals surface area contributed by atoms with E-state index in [1.54, 1.807) is 12.1 Å². The first kappa shape index (κ1) is 21.4. The number of nitrogens with zero attached hydrogens (tertiary/aromatic N) is 2. The van der Waals surface area contributed by atoms with E-state index in [1.165, 1.54) is 0 Å². The van der Waals surface area contributed by atoms with Crippen LogP contribution in [0, 0.1) is 18.8 Å². The molecule has 1 fully saturated rings. The minimum atomic E-state index is -0.953. The Morgan fingerprint density at radius 3 is 2.61 bits per heavy atom. The maximum Gasteiger partial charge on any atom is 0.258 e. The minimum Gasteiger partial charge on any atom is -0.342 e. The Morgan fingerprint density at radius 2 is 1.94 bits per heavy atom. The van der Waals surface area contributed by atoms with Gasteiger partial charge in [-0.2, -0.15) is 4.98 Å². The first-order valence-electron chi connectivity index (χ1n) is 10.5. The highest BCUT2D eigenvalue weighted by Crippen LogP contribution is 2.32. The zero-order valence-corrected chi connectivity index (χ0v) is 18.5. The van der Waals surface area contributed by atoms with E-state index in [4.69, 9.17) is 11.6 Å². The number of rotatable bonds is 3. The molecule has 3 heterocycles. The Bertz CT molecular complexity index is 1090. The molecule has 1 aromatic heterocycles. The molecule has 2 aromatic rings. The van der Waals surface area contributed by atoms with Crippen molar-refractivity contribution in [2.45, 2.75) is 39.5 Å². The van der Waals surface area contributed by atoms with Gasteiger partial charge in [0.2, 0.25) is 17.8 Å². The summed E-state index contributed by atoms with van der Waals surface area (Å²) < 4.78 is 0. The van der Waals surface area contributed by atoms with Crippen LogP contribution in [0.4, 0.5) is 17.5 Å². The van der Waals surface area contributed by atoms with Crippen LogP contribution < -0.4 is 21.1 Å². The van der Waals surface area contributed by atoms with E-state index in [0.717, 1.165) is 25.1 Å². The minimum absolute atomic E-state index is 0.135. The van der Waals surface area contributed by atoms with Gasteiger partial charge in [-0.1, -0.05) is 31.5 Å². The fraction of sp³-hybridized carbons (Fsp3) is 0.455. The molecule has 0 bridgehead atoms. The van der Waals surface area contributed by atoms with E-state index in [2.05, 4.69) is 34.4 Å². The van der Waals surface area contributed by atoms with E-state index in [1.807, 2.05) is 17.9 Å². The van der Waals surface area contributed by atoms with Crippen molar-refractivity contribution < 1.29 is 9.59 Å². The monoisotopic (exact) mass is 443 g/mol. The Hall–Kier alpha value is -2.87. The van der Waals surface area contributed by atoms with Crippen molar-refractivity contribution in [1.29, 1.82) is 0 Å². The van der Waals surface area contributed by atoms with Crippen molar-refractivity contribution >= 4 is 40.9 Å². The Morgan fingerprint density at radius 1 is 1.23 bits per heavy atom. The van der Waals surface area contributed by atoms with Crippen molar-refractivity contribution in [3.8, 4) is 0 Å². The molecule has 2 aliphatic heterocycles. The number of hydrogen-bond acceptors (Lipinski definition) is 5. The molecule has 1 saturated heterocycles. The molecule has 3 atom stereocenters. The lowest BCUT2D eigenvalue weighted by atomic mass is 9.91. The maximum atomic E-state index is 13.0. The number of H-pyrrole nitrogens is 1. The summed E-state index contributed by atoms with van der Waals surface area (Å²) >= 11 is 6.22. The number of nitrogens with one attached hydrogen (secondary N) is 3. The quantitative estimate of drug-likeness (QED) is 0.674. The highest BCUT2D eigenvalue weighted by atomic mass is 35.5. The zero-order valence-electron chi connectivity index (χ0n) is 17.8. The van der Waals surface area contributed by atoms with E-state index in [0.29, 0.717) is 28.5 Å². The van der Waals surface area contributed by atoms with Gasteiger partial charge in [-0.15, -0.1) is 0 Å². The Balaban J connectivity index is 1.65. The van der Waals surface area contributed by atoms with Crippen LogP contribution in [0.3, 0.4) is 0 Å². The number of benzene rings is 1. The first-order valence-corrected chi connectivity index (χ1v) is 10.8. The predicted octanol–water partition coefficient (Wildman–Crippen LogP) is 3.28. The van der Waals surface area contributed by atoms with Crippen molar-refractivity contribution in [1.82, 2.24) is 9.97 Å². The topological polar surface area (TPSA) is 107 Å². The number of hydrogen-bond donors (Lipinski definition) is 3. The molecule has 0 radical (unpaired) electrons. The second kappa shape index (κ2) is 8.34. The van der Waals surface area contributed by atoms with Crippen LogP contribution in [-0.4, -0.2) is 34.9 Å². The number of aromatic nitrogens is 2. The van der Waals surface area contributed by atoms with Crippen LogP contribution in [0.2, 0.25) is 5.02 Å². The normalized spacial score (nSPS) is 23.2. The number of carbonyl (C=O) groups excluding carboxylic acids is 2. The molecule has 3 N–H and O–H groups in total. The summed E-state index contributed by atoms with van der Waals surface area (Å²) in [6, 6.07) is 5.26. The average Bonchev–Trinajstić information content (AvgIpc) is 2.68. The number of piperidine rings is 1. The van der Waals surface area contributed by atoms with Crippen LogP contribution in [0.25, 0.3) is 0 Å². The summed E-state index contributed by atoms with van der Waals surface area (Å²) in [4.78, 5) is 47.7. The van der Waals surface area contributed by atoms with Gasteiger partial charge in [-0.05, 0) is 42.9 Å². The van der Waals surface area contributed by atoms with Crippen molar-refractivity contribution in [2.24, 2.45) is 11.8 Å². The number of carbonyl (C=O) groups is 2. The summed E-state index contributed by atoms with van der Waals surface area (Å²) in [6.45, 7) is 7.77. The largest absolute Gasteiger partial charge is 0.342 e. The van der Waals surface area contributed by atoms with Crippen LogP contribution in [-0.2, 0) is 9.59 Å². The Kier molecular flexibility index (Phi) is 5.75. The molecule has 0 saturated carbocycles. The van der Waals surface area contributed by atoms with Crippen molar-refractivity contribution in [3.63, 3.8) is 0 Å². The smallest absolute Gasteiger partial charge is 0.258 e. The molecule has 164 valence electrons. The van der Waals surface area contributed by atoms with Gasteiger partial charge in [0, 0.05) is 19.5 Å². The van der Waals surface area contributed by atoms with Crippen molar-refractivity contribution in [2.75, 3.05) is 28.6 Å². The van der Waals surface area contributed by atoms with Crippen LogP contribution >= 0.6 is 11.6 Å². The lowest BCUT2D eigenvalue weighted by Gasteiger charge is -2.35. The lowest BCUT2D eigenvalue weighted by Crippen LogP contribution is -2.42. The van der Waals surface area contributed by atoms with E-state index in [9.17, 15) is 14.4 Å². The average molecular weight is 444 g/mol. The van der Waals surface area contributed by atoms with Gasteiger partial charge in [-0.25, -0.2) is 0 Å². The standard InChI is InChI=1S/C22H26ClN5O3/c1-11-4-5-16(15(23)7-11)24-20(30)14-8-17(29)25-19-18(14)21(31)27-22(26-19)28-9-12(2)6-13(3)10-28/h4-5,7,12-14H,6,8-10H2,1-3H3,(H,24,30)(H2,25,26,27,29,31). The molecule has 0 spiro atoms. The molecular formula is C22H26ClN5O3. The molecule has 2 aliphatic rings. The number of aromatic amines is 1. The molecule has 3 unspecified atom stereocenters. The number of anilines is 3. The first-order chi connectivity index (χ1) is 14.7. The van der Waals surface area contributed by atoms with Gasteiger partial charge in [0.15, 0.2) is 0 Å². The van der Waals surface area contributed by atoms with Gasteiger partial charge in [-0.3, -0.25) is 19.4 Å². The van der Waals surface area contributed by atoms with Crippen LogP contribution in [0.5, 0.6) is 0 Å². The van der Waals surface area contributed by atoms with Crippen molar-refractivity contribution in [3.05, 3.63) is 44.7 Å².